The number of amides is 1. The van der Waals surface area contributed by atoms with Crippen LogP contribution in [0.5, 0.6) is 0 Å². The lowest BCUT2D eigenvalue weighted by molar-refractivity contribution is -0.142. The van der Waals surface area contributed by atoms with Gasteiger partial charge in [0.2, 0.25) is 0 Å². The van der Waals surface area contributed by atoms with Gasteiger partial charge in [0.15, 0.2) is 0 Å². The summed E-state index contributed by atoms with van der Waals surface area (Å²) in [7, 11) is 1.57. The molecule has 1 fully saturated rings. The zero-order chi connectivity index (χ0) is 13.8. The van der Waals surface area contributed by atoms with E-state index in [1.807, 2.05) is 0 Å². The first-order chi connectivity index (χ1) is 9.11. The lowest BCUT2D eigenvalue weighted by Gasteiger charge is -2.16. The van der Waals surface area contributed by atoms with Gasteiger partial charge >= 0.3 is 5.97 Å². The standard InChI is InChI=1S/C12H16N2O4S/c1-18-5-10-13-9(6-19-10)11(15)14-8-4-2-3-7(8)12(16)17/h6-8H,2-5H2,1H3,(H,14,15)(H,16,17)/t7-,8+/m0/s1. The fourth-order valence-corrected chi connectivity index (χ4v) is 3.02. The molecule has 0 aliphatic heterocycles. The Morgan fingerprint density at radius 1 is 1.58 bits per heavy atom. The van der Waals surface area contributed by atoms with Crippen LogP contribution in [-0.2, 0) is 16.1 Å². The Bertz CT molecular complexity index is 474. The van der Waals surface area contributed by atoms with Crippen molar-refractivity contribution in [2.45, 2.75) is 31.9 Å². The van der Waals surface area contributed by atoms with Crippen molar-refractivity contribution >= 4 is 23.2 Å². The lowest BCUT2D eigenvalue weighted by atomic mass is 10.0. The molecule has 1 aliphatic rings. The van der Waals surface area contributed by atoms with E-state index in [0.29, 0.717) is 25.1 Å². The van der Waals surface area contributed by atoms with Crippen LogP contribution in [0.15, 0.2) is 5.38 Å². The second-order valence-corrected chi connectivity index (χ2v) is 5.46. The minimum Gasteiger partial charge on any atom is -0.481 e. The number of aliphatic carboxylic acids is 1. The smallest absolute Gasteiger partial charge is 0.308 e. The molecule has 0 bridgehead atoms. The molecule has 1 heterocycles. The predicted octanol–water partition coefficient (Wildman–Crippen LogP) is 1.27. The summed E-state index contributed by atoms with van der Waals surface area (Å²) < 4.78 is 4.94. The van der Waals surface area contributed by atoms with Gasteiger partial charge in [-0.05, 0) is 12.8 Å². The average molecular weight is 284 g/mol. The number of ether oxygens (including phenoxy) is 1. The lowest BCUT2D eigenvalue weighted by Crippen LogP contribution is -2.40. The van der Waals surface area contributed by atoms with E-state index in [-0.39, 0.29) is 11.9 Å². The summed E-state index contributed by atoms with van der Waals surface area (Å²) in [6, 6.07) is -0.294. The number of thiazole rings is 1. The number of rotatable bonds is 5. The van der Waals surface area contributed by atoms with Gasteiger partial charge in [-0.25, -0.2) is 4.98 Å². The number of carbonyl (C=O) groups excluding carboxylic acids is 1. The summed E-state index contributed by atoms with van der Waals surface area (Å²) in [5, 5.41) is 14.2. The molecule has 1 aromatic heterocycles. The first kappa shape index (κ1) is 14.0. The Labute approximate surface area is 114 Å². The number of carboxylic acid groups (broad SMARTS) is 1. The molecule has 2 N–H and O–H groups in total. The van der Waals surface area contributed by atoms with Gasteiger partial charge < -0.3 is 15.2 Å². The summed E-state index contributed by atoms with van der Waals surface area (Å²) >= 11 is 1.35. The fraction of sp³-hybridized carbons (Fsp3) is 0.583. The van der Waals surface area contributed by atoms with Gasteiger partial charge in [0.05, 0.1) is 12.5 Å². The maximum atomic E-state index is 12.0. The van der Waals surface area contributed by atoms with E-state index >= 15 is 0 Å². The molecule has 2 rings (SSSR count). The maximum absolute atomic E-state index is 12.0. The second-order valence-electron chi connectivity index (χ2n) is 4.52. The van der Waals surface area contributed by atoms with Gasteiger partial charge in [-0.15, -0.1) is 11.3 Å². The van der Waals surface area contributed by atoms with Crippen molar-refractivity contribution in [1.82, 2.24) is 10.3 Å². The van der Waals surface area contributed by atoms with Crippen LogP contribution >= 0.6 is 11.3 Å². The minimum absolute atomic E-state index is 0.294. The van der Waals surface area contributed by atoms with E-state index in [2.05, 4.69) is 10.3 Å². The molecule has 1 amide bonds. The summed E-state index contributed by atoms with van der Waals surface area (Å²) in [5.74, 6) is -1.64. The van der Waals surface area contributed by atoms with Crippen LogP contribution < -0.4 is 5.32 Å². The molecule has 2 atom stereocenters. The van der Waals surface area contributed by atoms with Gasteiger partial charge in [0, 0.05) is 18.5 Å². The molecule has 0 aromatic carbocycles. The number of carboxylic acids is 1. The Balaban J connectivity index is 1.98. The minimum atomic E-state index is -0.846. The van der Waals surface area contributed by atoms with Gasteiger partial charge in [-0.2, -0.15) is 0 Å². The number of nitrogens with one attached hydrogen (secondary N) is 1. The van der Waals surface area contributed by atoms with Crippen LogP contribution in [0.4, 0.5) is 0 Å². The van der Waals surface area contributed by atoms with Gasteiger partial charge in [0.25, 0.3) is 5.91 Å². The molecule has 19 heavy (non-hydrogen) atoms. The SMILES string of the molecule is COCc1nc(C(=O)N[C@@H]2CCC[C@@H]2C(=O)O)cs1. The fourth-order valence-electron chi connectivity index (χ4n) is 2.28. The average Bonchev–Trinajstić information content (AvgIpc) is 2.98. The van der Waals surface area contributed by atoms with Crippen LogP contribution in [-0.4, -0.2) is 35.1 Å². The van der Waals surface area contributed by atoms with Crippen molar-refractivity contribution in [3.8, 4) is 0 Å². The first-order valence-corrected chi connectivity index (χ1v) is 6.96. The molecule has 104 valence electrons. The molecule has 1 saturated carbocycles. The van der Waals surface area contributed by atoms with Gasteiger partial charge in [-0.1, -0.05) is 6.42 Å². The first-order valence-electron chi connectivity index (χ1n) is 6.09. The molecule has 0 radical (unpaired) electrons. The van der Waals surface area contributed by atoms with E-state index < -0.39 is 11.9 Å². The maximum Gasteiger partial charge on any atom is 0.308 e. The highest BCUT2D eigenvalue weighted by molar-refractivity contribution is 7.09. The highest BCUT2D eigenvalue weighted by Crippen LogP contribution is 2.26. The molecular weight excluding hydrogens is 268 g/mol. The number of hydrogen-bond donors (Lipinski definition) is 2. The monoisotopic (exact) mass is 284 g/mol. The van der Waals surface area contributed by atoms with E-state index in [1.165, 1.54) is 11.3 Å². The van der Waals surface area contributed by atoms with Crippen LogP contribution in [0.2, 0.25) is 0 Å². The third-order valence-corrected chi connectivity index (χ3v) is 4.02. The van der Waals surface area contributed by atoms with E-state index in [4.69, 9.17) is 9.84 Å². The normalized spacial score (nSPS) is 22.4. The summed E-state index contributed by atoms with van der Waals surface area (Å²) in [5.41, 5.74) is 0.327. The van der Waals surface area contributed by atoms with Crippen molar-refractivity contribution in [2.75, 3.05) is 7.11 Å². The summed E-state index contributed by atoms with van der Waals surface area (Å²) in [6.45, 7) is 0.374. The molecule has 6 nitrogen and oxygen atoms in total. The third kappa shape index (κ3) is 3.30. The molecule has 1 aromatic rings. The highest BCUT2D eigenvalue weighted by atomic mass is 32.1. The van der Waals surface area contributed by atoms with Crippen LogP contribution in [0.1, 0.15) is 34.8 Å². The molecule has 0 saturated heterocycles. The van der Waals surface area contributed by atoms with E-state index in [9.17, 15) is 9.59 Å². The number of nitrogens with zero attached hydrogens (tertiary/aromatic N) is 1. The second kappa shape index (κ2) is 6.12. The number of hydrogen-bond acceptors (Lipinski definition) is 5. The van der Waals surface area contributed by atoms with Crippen molar-refractivity contribution in [3.05, 3.63) is 16.1 Å². The Morgan fingerprint density at radius 2 is 2.37 bits per heavy atom. The zero-order valence-electron chi connectivity index (χ0n) is 10.6. The number of carbonyl (C=O) groups is 2. The Morgan fingerprint density at radius 3 is 3.05 bits per heavy atom. The number of aromatic nitrogens is 1. The van der Waals surface area contributed by atoms with Crippen molar-refractivity contribution in [2.24, 2.45) is 5.92 Å². The van der Waals surface area contributed by atoms with Crippen molar-refractivity contribution < 1.29 is 19.4 Å². The predicted molar refractivity (Wildman–Crippen MR) is 69.1 cm³/mol. The topological polar surface area (TPSA) is 88.5 Å². The quantitative estimate of drug-likeness (QED) is 0.850. The summed E-state index contributed by atoms with van der Waals surface area (Å²) in [4.78, 5) is 27.2. The largest absolute Gasteiger partial charge is 0.481 e. The van der Waals surface area contributed by atoms with E-state index in [1.54, 1.807) is 12.5 Å². The van der Waals surface area contributed by atoms with Gasteiger partial charge in [-0.3, -0.25) is 9.59 Å². The van der Waals surface area contributed by atoms with E-state index in [0.717, 1.165) is 11.4 Å². The highest BCUT2D eigenvalue weighted by Gasteiger charge is 2.34. The Hall–Kier alpha value is -1.47. The molecule has 1 aliphatic carbocycles. The molecule has 7 heteroatoms. The van der Waals surface area contributed by atoms with Crippen LogP contribution in [0, 0.1) is 5.92 Å². The zero-order valence-corrected chi connectivity index (χ0v) is 11.4. The van der Waals surface area contributed by atoms with Gasteiger partial charge in [0.1, 0.15) is 10.7 Å². The van der Waals surface area contributed by atoms with Crippen LogP contribution in [0.3, 0.4) is 0 Å². The molecular formula is C12H16N2O4S. The molecule has 0 spiro atoms. The Kier molecular flexibility index (Phi) is 4.49. The van der Waals surface area contributed by atoms with Crippen molar-refractivity contribution in [3.63, 3.8) is 0 Å². The number of methoxy groups -OCH3 is 1. The molecule has 0 unspecified atom stereocenters. The summed E-state index contributed by atoms with van der Waals surface area (Å²) in [6.07, 6.45) is 2.15. The van der Waals surface area contributed by atoms with Crippen LogP contribution in [0.25, 0.3) is 0 Å². The third-order valence-electron chi connectivity index (χ3n) is 3.20. The van der Waals surface area contributed by atoms with Crippen molar-refractivity contribution in [1.29, 1.82) is 0 Å².